The number of nitrogens with zero attached hydrogens (tertiary/aromatic N) is 5. The maximum atomic E-state index is 13.7. The molecule has 14 heteroatoms. The molecule has 0 radical (unpaired) electrons. The maximum Gasteiger partial charge on any atom is 0.407 e. The fourth-order valence-corrected chi connectivity index (χ4v) is 8.59. The number of hydrogen-bond donors (Lipinski definition) is 4. The van der Waals surface area contributed by atoms with Crippen molar-refractivity contribution in [1.82, 2.24) is 45.4 Å². The van der Waals surface area contributed by atoms with Crippen molar-refractivity contribution in [2.24, 2.45) is 11.8 Å². The normalized spacial score (nSPS) is 18.3. The van der Waals surface area contributed by atoms with Crippen LogP contribution in [0.2, 0.25) is 0 Å². The number of rotatable bonds is 9. The number of imidazole rings is 2. The van der Waals surface area contributed by atoms with Gasteiger partial charge in [0.25, 0.3) is 0 Å². The Kier molecular flexibility index (Phi) is 10.0. The third-order valence-electron chi connectivity index (χ3n) is 11.5. The Balaban J connectivity index is 1.05. The van der Waals surface area contributed by atoms with Gasteiger partial charge in [-0.15, -0.1) is 0 Å². The number of benzene rings is 3. The first-order valence-electron chi connectivity index (χ1n) is 19.9. The Hall–Kier alpha value is -6.05. The highest BCUT2D eigenvalue weighted by molar-refractivity contribution is 6.06. The fourth-order valence-electron chi connectivity index (χ4n) is 8.59. The summed E-state index contributed by atoms with van der Waals surface area (Å²) in [7, 11) is 1.29. The summed E-state index contributed by atoms with van der Waals surface area (Å²) < 4.78 is 4.78. The molecule has 4 amide bonds. The zero-order valence-corrected chi connectivity index (χ0v) is 33.2. The lowest BCUT2D eigenvalue weighted by Crippen LogP contribution is -2.51. The van der Waals surface area contributed by atoms with Crippen LogP contribution in [0.1, 0.15) is 84.0 Å². The van der Waals surface area contributed by atoms with Crippen LogP contribution in [0.5, 0.6) is 0 Å². The van der Waals surface area contributed by atoms with Gasteiger partial charge in [0.05, 0.1) is 52.5 Å². The molecule has 0 bridgehead atoms. The number of aromatic amines is 2. The monoisotopic (exact) mass is 771 g/mol. The summed E-state index contributed by atoms with van der Waals surface area (Å²) in [6, 6.07) is 16.7. The molecule has 0 unspecified atom stereocenters. The molecule has 3 aromatic carbocycles. The first kappa shape index (κ1) is 37.9. The lowest BCUT2D eigenvalue weighted by atomic mass is 10.0. The fraction of sp³-hybridized carbons (Fsp3) is 0.419. The van der Waals surface area contributed by atoms with Gasteiger partial charge in [-0.2, -0.15) is 0 Å². The molecule has 296 valence electrons. The van der Waals surface area contributed by atoms with Crippen molar-refractivity contribution < 1.29 is 23.9 Å². The van der Waals surface area contributed by atoms with E-state index >= 15 is 0 Å². The third-order valence-corrected chi connectivity index (χ3v) is 11.5. The minimum atomic E-state index is -0.704. The quantitative estimate of drug-likeness (QED) is 0.126. The predicted molar refractivity (Wildman–Crippen MR) is 218 cm³/mol. The summed E-state index contributed by atoms with van der Waals surface area (Å²) in [5, 5.41) is 8.55. The lowest BCUT2D eigenvalue weighted by molar-refractivity contribution is -0.138. The molecule has 57 heavy (non-hydrogen) atoms. The van der Waals surface area contributed by atoms with E-state index in [0.29, 0.717) is 18.9 Å². The van der Waals surface area contributed by atoms with E-state index in [-0.39, 0.29) is 41.6 Å². The highest BCUT2D eigenvalue weighted by Gasteiger charge is 2.39. The molecule has 2 fully saturated rings. The van der Waals surface area contributed by atoms with E-state index in [4.69, 9.17) is 19.7 Å². The smallest absolute Gasteiger partial charge is 0.407 e. The van der Waals surface area contributed by atoms with Crippen LogP contribution >= 0.6 is 0 Å². The van der Waals surface area contributed by atoms with Crippen molar-refractivity contribution in [1.29, 1.82) is 0 Å². The minimum Gasteiger partial charge on any atom is -0.453 e. The zero-order chi connectivity index (χ0) is 40.1. The number of alkyl carbamates (subject to hydrolysis) is 1. The minimum absolute atomic E-state index is 0.0395. The van der Waals surface area contributed by atoms with Crippen LogP contribution in [0, 0.1) is 11.8 Å². The number of carbonyl (C=O) groups excluding carboxylic acids is 4. The van der Waals surface area contributed by atoms with Gasteiger partial charge in [-0.1, -0.05) is 45.9 Å². The van der Waals surface area contributed by atoms with Crippen LogP contribution in [-0.4, -0.2) is 90.8 Å². The molecule has 2 aliphatic rings. The van der Waals surface area contributed by atoms with Crippen molar-refractivity contribution in [2.45, 2.75) is 84.5 Å². The number of nitrogens with one attached hydrogen (secondary N) is 4. The van der Waals surface area contributed by atoms with Crippen molar-refractivity contribution in [3.8, 4) is 11.3 Å². The second-order valence-electron chi connectivity index (χ2n) is 16.0. The second kappa shape index (κ2) is 15.1. The van der Waals surface area contributed by atoms with Gasteiger partial charge < -0.3 is 35.1 Å². The first-order chi connectivity index (χ1) is 27.4. The van der Waals surface area contributed by atoms with Gasteiger partial charge >= 0.3 is 6.09 Å². The van der Waals surface area contributed by atoms with E-state index in [9.17, 15) is 19.2 Å². The van der Waals surface area contributed by atoms with E-state index in [0.717, 1.165) is 86.5 Å². The standard InChI is InChI=1S/C43H49N9O5/c1-22(2)35(44-24(5)53)41(54)51-19-7-9-33(51)39-46-31-15-12-25-21-26(11-13-27(25)37(31)48-39)29-16-14-28-30(45-29)17-18-32-38(28)49-40(47-32)34-10-8-20-52(34)42(55)36(23(3)4)50-43(56)57-6/h11-18,21-23,33-36H,7-10,19-20H2,1-6H3,(H,44,53)(H,46,48)(H,47,49)(H,50,56)/t33-,34-,35-,36-/m0/s1. The third kappa shape index (κ3) is 7.02. The number of pyridine rings is 1. The van der Waals surface area contributed by atoms with E-state index in [1.54, 1.807) is 0 Å². The lowest BCUT2D eigenvalue weighted by Gasteiger charge is -2.30. The van der Waals surface area contributed by atoms with E-state index in [1.165, 1.54) is 14.0 Å². The molecule has 3 aromatic heterocycles. The zero-order valence-electron chi connectivity index (χ0n) is 33.2. The summed E-state index contributed by atoms with van der Waals surface area (Å²) in [6.07, 6.45) is 2.63. The Bertz CT molecular complexity index is 2540. The number of carbonyl (C=O) groups is 4. The summed E-state index contributed by atoms with van der Waals surface area (Å²) in [5.41, 5.74) is 6.04. The number of amides is 4. The number of methoxy groups -OCH3 is 1. The average molecular weight is 772 g/mol. The molecule has 2 saturated heterocycles. The Morgan fingerprint density at radius 1 is 0.702 bits per heavy atom. The highest BCUT2D eigenvalue weighted by atomic mass is 16.5. The van der Waals surface area contributed by atoms with Gasteiger partial charge in [-0.25, -0.2) is 19.7 Å². The van der Waals surface area contributed by atoms with Crippen LogP contribution in [0.4, 0.5) is 4.79 Å². The van der Waals surface area contributed by atoms with Gasteiger partial charge in [0.2, 0.25) is 17.7 Å². The molecule has 4 atom stereocenters. The van der Waals surface area contributed by atoms with Gasteiger partial charge in [0, 0.05) is 36.3 Å². The molecular formula is C43H49N9O5. The van der Waals surface area contributed by atoms with Gasteiger partial charge in [-0.3, -0.25) is 14.4 Å². The molecular weight excluding hydrogens is 723 g/mol. The van der Waals surface area contributed by atoms with Gasteiger partial charge in [0.1, 0.15) is 23.7 Å². The van der Waals surface area contributed by atoms with E-state index < -0.39 is 18.2 Å². The Morgan fingerprint density at radius 3 is 1.82 bits per heavy atom. The predicted octanol–water partition coefficient (Wildman–Crippen LogP) is 6.68. The summed E-state index contributed by atoms with van der Waals surface area (Å²) >= 11 is 0. The van der Waals surface area contributed by atoms with Crippen molar-refractivity contribution in [3.63, 3.8) is 0 Å². The SMILES string of the molecule is COC(=O)N[C@H](C(=O)N1CCC[C@H]1c1nc2ccc3nc(-c4ccc5c(ccc6nc([C@@H]7CCCN7C(=O)[C@@H](NC(C)=O)C(C)C)[nH]c65)c4)ccc3c2[nH]1)C(C)C. The van der Waals surface area contributed by atoms with Crippen LogP contribution in [0.3, 0.4) is 0 Å². The molecule has 2 aliphatic heterocycles. The van der Waals surface area contributed by atoms with E-state index in [1.807, 2.05) is 61.8 Å². The molecule has 5 heterocycles. The van der Waals surface area contributed by atoms with Crippen molar-refractivity contribution >= 4 is 67.6 Å². The molecule has 4 N–H and O–H groups in total. The van der Waals surface area contributed by atoms with Crippen molar-refractivity contribution in [3.05, 3.63) is 66.2 Å². The van der Waals surface area contributed by atoms with Gasteiger partial charge in [-0.05, 0) is 79.3 Å². The topological polar surface area (TPSA) is 178 Å². The number of aromatic nitrogens is 5. The van der Waals surface area contributed by atoms with Gasteiger partial charge in [0.15, 0.2) is 0 Å². The van der Waals surface area contributed by atoms with Crippen molar-refractivity contribution in [2.75, 3.05) is 20.2 Å². The number of hydrogen-bond acceptors (Lipinski definition) is 8. The Morgan fingerprint density at radius 2 is 1.25 bits per heavy atom. The Labute approximate surface area is 330 Å². The average Bonchev–Trinajstić information content (AvgIpc) is 4.03. The highest BCUT2D eigenvalue weighted by Crippen LogP contribution is 2.37. The molecule has 0 aliphatic carbocycles. The van der Waals surface area contributed by atoms with E-state index in [2.05, 4.69) is 50.9 Å². The molecule has 8 rings (SSSR count). The van der Waals surface area contributed by atoms with Crippen LogP contribution in [-0.2, 0) is 19.1 Å². The number of ether oxygens (including phenoxy) is 1. The summed E-state index contributed by atoms with van der Waals surface area (Å²) in [6.45, 7) is 10.3. The van der Waals surface area contributed by atoms with Crippen LogP contribution < -0.4 is 10.6 Å². The molecule has 6 aromatic rings. The molecule has 0 saturated carbocycles. The largest absolute Gasteiger partial charge is 0.453 e. The number of likely N-dealkylation sites (tertiary alicyclic amines) is 2. The van der Waals surface area contributed by atoms with Crippen LogP contribution in [0.15, 0.2) is 54.6 Å². The first-order valence-corrected chi connectivity index (χ1v) is 19.9. The number of fused-ring (bicyclic) bond motifs is 6. The second-order valence-corrected chi connectivity index (χ2v) is 16.0. The van der Waals surface area contributed by atoms with Crippen LogP contribution in [0.25, 0.3) is 55.0 Å². The molecule has 14 nitrogen and oxygen atoms in total. The molecule has 0 spiro atoms. The maximum absolute atomic E-state index is 13.7. The summed E-state index contributed by atoms with van der Waals surface area (Å²) in [5.74, 6) is 0.872. The summed E-state index contributed by atoms with van der Waals surface area (Å²) in [4.78, 5) is 77.0. The number of H-pyrrole nitrogens is 2.